The van der Waals surface area contributed by atoms with Gasteiger partial charge >= 0.3 is 12.2 Å². The van der Waals surface area contributed by atoms with Gasteiger partial charge in [0.1, 0.15) is 6.54 Å². The van der Waals surface area contributed by atoms with Crippen LogP contribution in [0.15, 0.2) is 36.7 Å². The molecule has 13 heteroatoms. The molecule has 2 N–H and O–H groups in total. The van der Waals surface area contributed by atoms with Crippen molar-refractivity contribution in [2.24, 2.45) is 0 Å². The maximum absolute atomic E-state index is 14.4. The Balaban J connectivity index is 1.36. The van der Waals surface area contributed by atoms with Crippen molar-refractivity contribution in [1.29, 1.82) is 0 Å². The summed E-state index contributed by atoms with van der Waals surface area (Å²) in [6.07, 6.45) is -1.30. The molecular formula is C22H17F4N7O2. The average molecular weight is 487 g/mol. The van der Waals surface area contributed by atoms with E-state index >= 15 is 0 Å². The molecule has 2 fully saturated rings. The lowest BCUT2D eigenvalue weighted by Crippen LogP contribution is -2.51. The zero-order valence-electron chi connectivity index (χ0n) is 17.9. The minimum Gasteiger partial charge on any atom is -0.337 e. The molecule has 4 heterocycles. The molecule has 6 rings (SSSR count). The van der Waals surface area contributed by atoms with E-state index in [9.17, 15) is 27.2 Å². The molecular weight excluding hydrogens is 470 g/mol. The second kappa shape index (κ2) is 7.48. The van der Waals surface area contributed by atoms with E-state index in [0.717, 1.165) is 16.4 Å². The van der Waals surface area contributed by atoms with Crippen LogP contribution < -0.4 is 10.6 Å². The summed E-state index contributed by atoms with van der Waals surface area (Å²) in [7, 11) is 0. The van der Waals surface area contributed by atoms with Crippen LogP contribution in [0.25, 0.3) is 16.6 Å². The van der Waals surface area contributed by atoms with Crippen LogP contribution in [0.5, 0.6) is 0 Å². The molecule has 180 valence electrons. The molecule has 3 amide bonds. The molecule has 9 nitrogen and oxygen atoms in total. The van der Waals surface area contributed by atoms with E-state index in [-0.39, 0.29) is 24.0 Å². The van der Waals surface area contributed by atoms with Crippen molar-refractivity contribution in [1.82, 2.24) is 35.0 Å². The highest BCUT2D eigenvalue weighted by Gasteiger charge is 2.43. The highest BCUT2D eigenvalue weighted by Crippen LogP contribution is 2.55. The van der Waals surface area contributed by atoms with Crippen molar-refractivity contribution in [2.75, 3.05) is 6.54 Å². The second-order valence-corrected chi connectivity index (χ2v) is 8.77. The van der Waals surface area contributed by atoms with Crippen molar-refractivity contribution >= 4 is 28.5 Å². The summed E-state index contributed by atoms with van der Waals surface area (Å²) in [6, 6.07) is 6.35. The van der Waals surface area contributed by atoms with Crippen molar-refractivity contribution < 1.29 is 27.2 Å². The van der Waals surface area contributed by atoms with Crippen LogP contribution in [-0.4, -0.2) is 49.0 Å². The number of imide groups is 1. The SMILES string of the molecule is O=C1NCC(c2cc([C@H]3C[C@@H]3c3ccc4cnn(CC(F)(F)F)c4c3)n3ncc(F)c3n2)C(=O)N1. The number of fused-ring (bicyclic) bond motifs is 2. The molecule has 0 spiro atoms. The Bertz CT molecular complexity index is 1510. The van der Waals surface area contributed by atoms with Crippen LogP contribution in [0.1, 0.15) is 41.1 Å². The quantitative estimate of drug-likeness (QED) is 0.431. The average Bonchev–Trinajstić information content (AvgIpc) is 3.38. The molecule has 0 radical (unpaired) electrons. The molecule has 4 aromatic rings. The Labute approximate surface area is 194 Å². The molecule has 0 bridgehead atoms. The Morgan fingerprint density at radius 2 is 1.91 bits per heavy atom. The fourth-order valence-corrected chi connectivity index (χ4v) is 4.70. The largest absolute Gasteiger partial charge is 0.408 e. The van der Waals surface area contributed by atoms with Crippen LogP contribution in [-0.2, 0) is 11.3 Å². The first-order valence-electron chi connectivity index (χ1n) is 10.8. The van der Waals surface area contributed by atoms with E-state index in [1.165, 1.54) is 10.7 Å². The van der Waals surface area contributed by atoms with E-state index < -0.39 is 36.4 Å². The number of nitrogens with zero attached hydrogens (tertiary/aromatic N) is 5. The molecule has 35 heavy (non-hydrogen) atoms. The molecule has 3 aromatic heterocycles. The lowest BCUT2D eigenvalue weighted by Gasteiger charge is -2.22. The van der Waals surface area contributed by atoms with Gasteiger partial charge in [-0.1, -0.05) is 12.1 Å². The molecule has 2 aliphatic rings. The smallest absolute Gasteiger partial charge is 0.337 e. The third-order valence-corrected chi connectivity index (χ3v) is 6.45. The van der Waals surface area contributed by atoms with Crippen LogP contribution >= 0.6 is 0 Å². The summed E-state index contributed by atoms with van der Waals surface area (Å²) < 4.78 is 55.6. The lowest BCUT2D eigenvalue weighted by molar-refractivity contribution is -0.141. The first-order chi connectivity index (χ1) is 16.7. The van der Waals surface area contributed by atoms with Gasteiger partial charge in [0.15, 0.2) is 11.5 Å². The molecule has 1 aliphatic carbocycles. The van der Waals surface area contributed by atoms with Gasteiger partial charge in [-0.05, 0) is 30.0 Å². The molecule has 1 saturated heterocycles. The summed E-state index contributed by atoms with van der Waals surface area (Å²) in [5.41, 5.74) is 2.10. The predicted octanol–water partition coefficient (Wildman–Crippen LogP) is 2.97. The number of carbonyl (C=O) groups excluding carboxylic acids is 2. The van der Waals surface area contributed by atoms with Crippen LogP contribution in [0.3, 0.4) is 0 Å². The van der Waals surface area contributed by atoms with Gasteiger partial charge in [-0.25, -0.2) is 18.7 Å². The Hall–Kier alpha value is -4.03. The third kappa shape index (κ3) is 3.76. The number of carbonyl (C=O) groups is 2. The van der Waals surface area contributed by atoms with Crippen molar-refractivity contribution in [3.8, 4) is 0 Å². The van der Waals surface area contributed by atoms with Gasteiger partial charge in [0.05, 0.1) is 35.2 Å². The topological polar surface area (TPSA) is 106 Å². The predicted molar refractivity (Wildman–Crippen MR) is 113 cm³/mol. The zero-order chi connectivity index (χ0) is 24.5. The highest BCUT2D eigenvalue weighted by atomic mass is 19.4. The van der Waals surface area contributed by atoms with Crippen molar-refractivity contribution in [3.05, 3.63) is 59.4 Å². The normalized spacial score (nSPS) is 22.5. The molecule has 1 saturated carbocycles. The number of nitrogens with one attached hydrogen (secondary N) is 2. The molecule has 3 atom stereocenters. The van der Waals surface area contributed by atoms with Gasteiger partial charge in [-0.3, -0.25) is 14.8 Å². The van der Waals surface area contributed by atoms with E-state index in [1.54, 1.807) is 18.2 Å². The Kier molecular flexibility index (Phi) is 4.60. The first-order valence-corrected chi connectivity index (χ1v) is 10.8. The number of hydrogen-bond donors (Lipinski definition) is 2. The lowest BCUT2D eigenvalue weighted by atomic mass is 10.00. The number of hydrogen-bond acceptors (Lipinski definition) is 5. The van der Waals surface area contributed by atoms with Gasteiger partial charge in [0.2, 0.25) is 5.91 Å². The Morgan fingerprint density at radius 1 is 1.09 bits per heavy atom. The van der Waals surface area contributed by atoms with Gasteiger partial charge < -0.3 is 5.32 Å². The maximum Gasteiger partial charge on any atom is 0.408 e. The minimum absolute atomic E-state index is 0.0248. The van der Waals surface area contributed by atoms with Crippen LogP contribution in [0.4, 0.5) is 22.4 Å². The van der Waals surface area contributed by atoms with E-state index in [4.69, 9.17) is 0 Å². The molecule has 1 aliphatic heterocycles. The maximum atomic E-state index is 14.4. The third-order valence-electron chi connectivity index (χ3n) is 6.45. The monoisotopic (exact) mass is 487 g/mol. The molecule has 1 unspecified atom stereocenters. The van der Waals surface area contributed by atoms with E-state index in [0.29, 0.717) is 28.7 Å². The van der Waals surface area contributed by atoms with Crippen LogP contribution in [0, 0.1) is 5.82 Å². The van der Waals surface area contributed by atoms with E-state index in [2.05, 4.69) is 25.8 Å². The number of benzene rings is 1. The summed E-state index contributed by atoms with van der Waals surface area (Å²) >= 11 is 0. The summed E-state index contributed by atoms with van der Waals surface area (Å²) in [5.74, 6) is -2.14. The van der Waals surface area contributed by atoms with Crippen molar-refractivity contribution in [3.63, 3.8) is 0 Å². The van der Waals surface area contributed by atoms with Gasteiger partial charge in [-0.15, -0.1) is 0 Å². The van der Waals surface area contributed by atoms with Gasteiger partial charge in [0, 0.05) is 17.8 Å². The second-order valence-electron chi connectivity index (χ2n) is 8.77. The first kappa shape index (κ1) is 21.5. The fraction of sp³-hybridized carbons (Fsp3) is 0.318. The van der Waals surface area contributed by atoms with E-state index in [1.807, 2.05) is 6.07 Å². The number of aromatic nitrogens is 5. The number of rotatable bonds is 4. The number of alkyl halides is 3. The summed E-state index contributed by atoms with van der Waals surface area (Å²) in [5, 5.41) is 13.3. The van der Waals surface area contributed by atoms with Crippen molar-refractivity contribution in [2.45, 2.75) is 36.9 Å². The van der Waals surface area contributed by atoms with Gasteiger partial charge in [-0.2, -0.15) is 23.4 Å². The minimum atomic E-state index is -4.40. The fourth-order valence-electron chi connectivity index (χ4n) is 4.70. The van der Waals surface area contributed by atoms with Crippen LogP contribution in [0.2, 0.25) is 0 Å². The number of urea groups is 1. The highest BCUT2D eigenvalue weighted by molar-refractivity contribution is 6.00. The Morgan fingerprint density at radius 3 is 2.69 bits per heavy atom. The summed E-state index contributed by atoms with van der Waals surface area (Å²) in [4.78, 5) is 28.1. The zero-order valence-corrected chi connectivity index (χ0v) is 17.9. The number of amides is 3. The van der Waals surface area contributed by atoms with Gasteiger partial charge in [0.25, 0.3) is 0 Å². The summed E-state index contributed by atoms with van der Waals surface area (Å²) in [6.45, 7) is -1.16. The number of halogens is 4. The standard InChI is InChI=1S/C22H17F4N7O2/c23-15-8-29-33-18(5-16(30-19(15)33)14-7-27-21(35)31-20(14)34)13-4-12(13)10-1-2-11-6-28-32(17(11)3-10)9-22(24,25)26/h1-3,5-6,8,12-14H,4,7,9H2,(H2,27,31,34,35)/t12-,13+,14?/m1/s1. The molecule has 1 aromatic carbocycles.